The molecule has 3 fully saturated rings. The molecule has 3 saturated heterocycles. The summed E-state index contributed by atoms with van der Waals surface area (Å²) in [6.45, 7) is 7.74. The molecule has 0 aromatic heterocycles. The van der Waals surface area contributed by atoms with Gasteiger partial charge in [0.25, 0.3) is 10.1 Å². The Morgan fingerprint density at radius 2 is 1.97 bits per heavy atom. The highest BCUT2D eigenvalue weighted by Crippen LogP contribution is 2.31. The van der Waals surface area contributed by atoms with E-state index in [1.54, 1.807) is 12.1 Å². The molecule has 5 atom stereocenters. The van der Waals surface area contributed by atoms with E-state index in [-0.39, 0.29) is 17.0 Å². The fraction of sp³-hybridized carbons (Fsp3) is 0.700. The largest absolute Gasteiger partial charge is 0.384 e. The number of aliphatic hydroxyl groups excluding tert-OH is 1. The summed E-state index contributed by atoms with van der Waals surface area (Å²) in [6.07, 6.45) is -2.27. The molecule has 0 amide bonds. The van der Waals surface area contributed by atoms with Crippen molar-refractivity contribution in [2.24, 2.45) is 0 Å². The number of morpholine rings is 1. The molecule has 0 radical (unpaired) electrons. The molecule has 3 heterocycles. The van der Waals surface area contributed by atoms with Crippen LogP contribution in [0.5, 0.6) is 0 Å². The van der Waals surface area contributed by atoms with Crippen molar-refractivity contribution < 1.29 is 42.1 Å². The van der Waals surface area contributed by atoms with E-state index in [4.69, 9.17) is 18.4 Å². The fourth-order valence-corrected chi connectivity index (χ4v) is 5.36. The predicted molar refractivity (Wildman–Crippen MR) is 105 cm³/mol. The molecule has 4 N–H and O–H groups in total. The molecule has 1 aromatic rings. The molecule has 0 aliphatic carbocycles. The third kappa shape index (κ3) is 5.03. The Morgan fingerprint density at radius 1 is 1.23 bits per heavy atom. The molecule has 3 aliphatic rings. The maximum Gasteiger partial charge on any atom is 0.297 e. The van der Waals surface area contributed by atoms with Gasteiger partial charge >= 0.3 is 0 Å². The number of benzene rings is 1. The third-order valence-electron chi connectivity index (χ3n) is 6.08. The van der Waals surface area contributed by atoms with Gasteiger partial charge in [-0.05, 0) is 19.1 Å². The lowest BCUT2D eigenvalue weighted by Gasteiger charge is -2.35. The van der Waals surface area contributed by atoms with E-state index < -0.39 is 28.6 Å². The van der Waals surface area contributed by atoms with Gasteiger partial charge in [0.05, 0.1) is 37.8 Å². The summed E-state index contributed by atoms with van der Waals surface area (Å²) in [5, 5.41) is 12.9. The molecule has 1 aromatic carbocycles. The van der Waals surface area contributed by atoms with Gasteiger partial charge in [0.2, 0.25) is 0 Å². The molecule has 3 aliphatic heterocycles. The third-order valence-corrected chi connectivity index (χ3v) is 7.41. The van der Waals surface area contributed by atoms with Gasteiger partial charge in [0.15, 0.2) is 12.4 Å². The SMILES string of the molecule is Cc1ccc(S(=O)(=O)O[C@@H]2[C@@H]3OC[C@@H](O3)[C@@H]([NH2+]CCC[NH+]3CCOCC3)[C@H]2O)cc1. The quantitative estimate of drug-likeness (QED) is 0.298. The lowest BCUT2D eigenvalue weighted by molar-refractivity contribution is -0.909. The van der Waals surface area contributed by atoms with Crippen LogP contribution in [0, 0.1) is 6.92 Å². The first-order valence-electron chi connectivity index (χ1n) is 10.6. The van der Waals surface area contributed by atoms with Crippen LogP contribution in [0.25, 0.3) is 0 Å². The number of nitrogens with two attached hydrogens (primary N) is 1. The molecule has 0 unspecified atom stereocenters. The molecule has 168 valence electrons. The number of nitrogens with one attached hydrogen (secondary N) is 1. The summed E-state index contributed by atoms with van der Waals surface area (Å²) in [7, 11) is -4.05. The Hall–Kier alpha value is -1.11. The van der Waals surface area contributed by atoms with Gasteiger partial charge in [-0.15, -0.1) is 0 Å². The number of aryl methyl sites for hydroxylation is 1. The molecule has 2 bridgehead atoms. The van der Waals surface area contributed by atoms with Crippen molar-refractivity contribution in [1.29, 1.82) is 0 Å². The van der Waals surface area contributed by atoms with Crippen LogP contribution in [-0.2, 0) is 28.5 Å². The van der Waals surface area contributed by atoms with Crippen molar-refractivity contribution in [3.05, 3.63) is 29.8 Å². The van der Waals surface area contributed by atoms with Gasteiger partial charge < -0.3 is 29.5 Å². The van der Waals surface area contributed by atoms with E-state index in [0.717, 1.165) is 51.4 Å². The highest BCUT2D eigenvalue weighted by atomic mass is 32.2. The van der Waals surface area contributed by atoms with Gasteiger partial charge in [-0.25, -0.2) is 0 Å². The Kier molecular flexibility index (Phi) is 7.05. The van der Waals surface area contributed by atoms with E-state index in [1.165, 1.54) is 17.0 Å². The van der Waals surface area contributed by atoms with E-state index in [9.17, 15) is 13.5 Å². The Balaban J connectivity index is 1.35. The first kappa shape index (κ1) is 22.1. The summed E-state index contributed by atoms with van der Waals surface area (Å²) < 4.78 is 47.6. The number of rotatable bonds is 8. The highest BCUT2D eigenvalue weighted by molar-refractivity contribution is 7.86. The van der Waals surface area contributed by atoms with Crippen molar-refractivity contribution in [2.45, 2.75) is 48.9 Å². The molecule has 30 heavy (non-hydrogen) atoms. The molecule has 0 spiro atoms. The van der Waals surface area contributed by atoms with Crippen molar-refractivity contribution >= 4 is 10.1 Å². The Morgan fingerprint density at radius 3 is 2.70 bits per heavy atom. The number of aliphatic hydroxyl groups is 1. The standard InChI is InChI=1S/C20H30N2O7S/c1-14-3-5-15(6-4-14)30(24,25)29-19-18(23)17(16-13-27-20(19)28-16)21-7-2-8-22-9-11-26-12-10-22/h3-6,16-21,23H,2,7-13H2,1H3/p+2/t16-,17-,18-,19+,20-/m1/s1. The zero-order valence-electron chi connectivity index (χ0n) is 17.2. The van der Waals surface area contributed by atoms with Crippen molar-refractivity contribution in [1.82, 2.24) is 0 Å². The van der Waals surface area contributed by atoms with Crippen LogP contribution in [0.4, 0.5) is 0 Å². The second-order valence-corrected chi connectivity index (χ2v) is 9.83. The minimum Gasteiger partial charge on any atom is -0.384 e. The van der Waals surface area contributed by atoms with Crippen LogP contribution < -0.4 is 10.2 Å². The fourth-order valence-electron chi connectivity index (χ4n) is 4.29. The normalized spacial score (nSPS) is 32.4. The number of hydrogen-bond donors (Lipinski definition) is 3. The summed E-state index contributed by atoms with van der Waals surface area (Å²) in [6, 6.07) is 6.08. The Bertz CT molecular complexity index is 798. The first-order valence-corrected chi connectivity index (χ1v) is 12.0. The first-order chi connectivity index (χ1) is 14.4. The van der Waals surface area contributed by atoms with Crippen molar-refractivity contribution in [3.8, 4) is 0 Å². The molecule has 9 nitrogen and oxygen atoms in total. The summed E-state index contributed by atoms with van der Waals surface area (Å²) in [4.78, 5) is 1.58. The van der Waals surface area contributed by atoms with Crippen molar-refractivity contribution in [3.63, 3.8) is 0 Å². The lowest BCUT2D eigenvalue weighted by atomic mass is 9.98. The van der Waals surface area contributed by atoms with Gasteiger partial charge in [-0.1, -0.05) is 17.7 Å². The van der Waals surface area contributed by atoms with Crippen LogP contribution in [0.1, 0.15) is 12.0 Å². The van der Waals surface area contributed by atoms with Crippen LogP contribution in [0.3, 0.4) is 0 Å². The number of fused-ring (bicyclic) bond motifs is 2. The lowest BCUT2D eigenvalue weighted by Crippen LogP contribution is -3.14. The van der Waals surface area contributed by atoms with E-state index in [0.29, 0.717) is 6.61 Å². The molecule has 4 rings (SSSR count). The minimum atomic E-state index is -4.05. The average molecular weight is 445 g/mol. The summed E-state index contributed by atoms with van der Waals surface area (Å²) >= 11 is 0. The maximum atomic E-state index is 12.7. The van der Waals surface area contributed by atoms with Gasteiger partial charge in [0, 0.05) is 6.42 Å². The second kappa shape index (κ2) is 9.58. The number of quaternary nitrogens is 2. The van der Waals surface area contributed by atoms with Crippen LogP contribution in [-0.4, -0.2) is 90.2 Å². The zero-order chi connectivity index (χ0) is 21.1. The monoisotopic (exact) mass is 444 g/mol. The van der Waals surface area contributed by atoms with E-state index >= 15 is 0 Å². The van der Waals surface area contributed by atoms with E-state index in [2.05, 4.69) is 0 Å². The van der Waals surface area contributed by atoms with Crippen LogP contribution >= 0.6 is 0 Å². The van der Waals surface area contributed by atoms with Crippen molar-refractivity contribution in [2.75, 3.05) is 46.0 Å². The Labute approximate surface area is 177 Å². The predicted octanol–water partition coefficient (Wildman–Crippen LogP) is -2.58. The average Bonchev–Trinajstić information content (AvgIpc) is 3.18. The number of ether oxygens (including phenoxy) is 3. The minimum absolute atomic E-state index is 0.0504. The number of hydrogen-bond acceptors (Lipinski definition) is 7. The van der Waals surface area contributed by atoms with Gasteiger partial charge in [0.1, 0.15) is 31.3 Å². The second-order valence-electron chi connectivity index (χ2n) is 8.26. The highest BCUT2D eigenvalue weighted by Gasteiger charge is 2.54. The zero-order valence-corrected chi connectivity index (χ0v) is 18.1. The van der Waals surface area contributed by atoms with Crippen LogP contribution in [0.2, 0.25) is 0 Å². The molecule has 10 heteroatoms. The van der Waals surface area contributed by atoms with Gasteiger partial charge in [-0.2, -0.15) is 8.42 Å². The molecular formula is C20H32N2O7S+2. The van der Waals surface area contributed by atoms with Crippen LogP contribution in [0.15, 0.2) is 29.2 Å². The molecular weight excluding hydrogens is 412 g/mol. The molecule has 0 saturated carbocycles. The van der Waals surface area contributed by atoms with E-state index in [1.807, 2.05) is 12.2 Å². The summed E-state index contributed by atoms with van der Waals surface area (Å²) in [5.41, 5.74) is 0.950. The maximum absolute atomic E-state index is 12.7. The topological polar surface area (TPSA) is 112 Å². The smallest absolute Gasteiger partial charge is 0.297 e. The van der Waals surface area contributed by atoms with Gasteiger partial charge in [-0.3, -0.25) is 4.18 Å². The summed E-state index contributed by atoms with van der Waals surface area (Å²) in [5.74, 6) is 0.